The van der Waals surface area contributed by atoms with Crippen LogP contribution in [0.4, 0.5) is 0 Å². The minimum absolute atomic E-state index is 0.590. The lowest BCUT2D eigenvalue weighted by Gasteiger charge is -2.45. The molecule has 1 saturated carbocycles. The number of carboxylic acid groups (broad SMARTS) is 1. The van der Waals surface area contributed by atoms with Gasteiger partial charge in [0.2, 0.25) is 0 Å². The summed E-state index contributed by atoms with van der Waals surface area (Å²) in [6, 6.07) is 8.57. The van der Waals surface area contributed by atoms with E-state index in [2.05, 4.69) is 29.2 Å². The summed E-state index contributed by atoms with van der Waals surface area (Å²) >= 11 is 0. The fraction of sp³-hybridized carbons (Fsp3) is 0.611. The number of carboxylic acids is 1. The van der Waals surface area contributed by atoms with Crippen molar-refractivity contribution in [3.8, 4) is 0 Å². The van der Waals surface area contributed by atoms with Crippen molar-refractivity contribution in [3.05, 3.63) is 35.4 Å². The molecule has 0 amide bonds. The van der Waals surface area contributed by atoms with Gasteiger partial charge in [0.05, 0.1) is 5.41 Å². The van der Waals surface area contributed by atoms with Crippen LogP contribution in [0.5, 0.6) is 0 Å². The first-order chi connectivity index (χ1) is 10.2. The average Bonchev–Trinajstić information content (AvgIpc) is 2.47. The predicted molar refractivity (Wildman–Crippen MR) is 81.5 cm³/mol. The molecule has 1 atom stereocenters. The SMILES string of the molecule is O=C(O)C1(c2ccc(C3CN4CCC3CC4)cc2)CCC1. The monoisotopic (exact) mass is 285 g/mol. The molecule has 3 nitrogen and oxygen atoms in total. The second kappa shape index (κ2) is 4.84. The average molecular weight is 285 g/mol. The van der Waals surface area contributed by atoms with Crippen molar-refractivity contribution in [2.45, 2.75) is 43.4 Å². The lowest BCUT2D eigenvalue weighted by atomic mass is 9.64. The summed E-state index contributed by atoms with van der Waals surface area (Å²) in [4.78, 5) is 14.2. The van der Waals surface area contributed by atoms with Gasteiger partial charge in [-0.15, -0.1) is 0 Å². The maximum atomic E-state index is 11.6. The summed E-state index contributed by atoms with van der Waals surface area (Å²) in [6.45, 7) is 3.72. The maximum Gasteiger partial charge on any atom is 0.314 e. The molecule has 21 heavy (non-hydrogen) atoms. The van der Waals surface area contributed by atoms with E-state index in [1.165, 1.54) is 38.0 Å². The number of hydrogen-bond donors (Lipinski definition) is 1. The van der Waals surface area contributed by atoms with Gasteiger partial charge in [-0.2, -0.15) is 0 Å². The smallest absolute Gasteiger partial charge is 0.314 e. The highest BCUT2D eigenvalue weighted by Gasteiger charge is 2.46. The van der Waals surface area contributed by atoms with E-state index < -0.39 is 11.4 Å². The second-order valence-corrected chi connectivity index (χ2v) is 7.11. The molecule has 3 aliphatic heterocycles. The Morgan fingerprint density at radius 1 is 1.14 bits per heavy atom. The highest BCUT2D eigenvalue weighted by atomic mass is 16.4. The third kappa shape index (κ3) is 2.02. The molecule has 1 unspecified atom stereocenters. The van der Waals surface area contributed by atoms with Crippen molar-refractivity contribution in [2.75, 3.05) is 19.6 Å². The molecule has 0 radical (unpaired) electrons. The number of benzene rings is 1. The summed E-state index contributed by atoms with van der Waals surface area (Å²) in [5, 5.41) is 9.53. The Balaban J connectivity index is 1.58. The molecular weight excluding hydrogens is 262 g/mol. The number of piperidine rings is 3. The van der Waals surface area contributed by atoms with Crippen LogP contribution in [0.3, 0.4) is 0 Å². The van der Waals surface area contributed by atoms with E-state index in [0.717, 1.165) is 30.7 Å². The first-order valence-electron chi connectivity index (χ1n) is 8.25. The highest BCUT2D eigenvalue weighted by Crippen LogP contribution is 2.45. The Morgan fingerprint density at radius 3 is 2.24 bits per heavy atom. The molecule has 112 valence electrons. The molecule has 5 rings (SSSR count). The molecule has 3 heterocycles. The molecule has 2 bridgehead atoms. The summed E-state index contributed by atoms with van der Waals surface area (Å²) in [6.07, 6.45) is 5.27. The minimum atomic E-state index is -0.649. The van der Waals surface area contributed by atoms with Crippen LogP contribution in [-0.2, 0) is 10.2 Å². The van der Waals surface area contributed by atoms with E-state index in [1.54, 1.807) is 0 Å². The number of aliphatic carboxylic acids is 1. The van der Waals surface area contributed by atoms with Crippen molar-refractivity contribution >= 4 is 5.97 Å². The van der Waals surface area contributed by atoms with Crippen LogP contribution >= 0.6 is 0 Å². The van der Waals surface area contributed by atoms with Crippen LogP contribution in [0.25, 0.3) is 0 Å². The summed E-state index contributed by atoms with van der Waals surface area (Å²) in [7, 11) is 0. The molecule has 1 aromatic carbocycles. The zero-order chi connectivity index (χ0) is 14.4. The van der Waals surface area contributed by atoms with Gasteiger partial charge in [0.15, 0.2) is 0 Å². The van der Waals surface area contributed by atoms with E-state index in [1.807, 2.05) is 0 Å². The van der Waals surface area contributed by atoms with Gasteiger partial charge in [-0.3, -0.25) is 4.79 Å². The zero-order valence-electron chi connectivity index (χ0n) is 12.4. The Hall–Kier alpha value is -1.35. The van der Waals surface area contributed by atoms with Crippen LogP contribution in [0, 0.1) is 5.92 Å². The quantitative estimate of drug-likeness (QED) is 0.928. The predicted octanol–water partition coefficient (Wildman–Crippen LogP) is 3.00. The van der Waals surface area contributed by atoms with Crippen molar-refractivity contribution in [3.63, 3.8) is 0 Å². The van der Waals surface area contributed by atoms with E-state index >= 15 is 0 Å². The topological polar surface area (TPSA) is 40.5 Å². The van der Waals surface area contributed by atoms with Gasteiger partial charge in [0.1, 0.15) is 0 Å². The Kier molecular flexibility index (Phi) is 3.07. The standard InChI is InChI=1S/C18H23NO2/c20-17(21)18(8-1-9-18)15-4-2-13(3-5-15)16-12-19-10-6-14(16)7-11-19/h2-5,14,16H,1,6-12H2,(H,20,21). The molecule has 4 aliphatic rings. The number of fused-ring (bicyclic) bond motifs is 3. The van der Waals surface area contributed by atoms with Crippen LogP contribution in [0.2, 0.25) is 0 Å². The Morgan fingerprint density at radius 2 is 1.81 bits per heavy atom. The van der Waals surface area contributed by atoms with Crippen LogP contribution in [0.1, 0.15) is 49.1 Å². The third-order valence-corrected chi connectivity index (χ3v) is 6.16. The molecule has 0 spiro atoms. The van der Waals surface area contributed by atoms with Gasteiger partial charge in [0.25, 0.3) is 0 Å². The van der Waals surface area contributed by atoms with E-state index in [4.69, 9.17) is 0 Å². The lowest BCUT2D eigenvalue weighted by Crippen LogP contribution is -2.46. The van der Waals surface area contributed by atoms with Crippen LogP contribution < -0.4 is 0 Å². The minimum Gasteiger partial charge on any atom is -0.481 e. The lowest BCUT2D eigenvalue weighted by molar-refractivity contribution is -0.147. The van der Waals surface area contributed by atoms with Gasteiger partial charge in [-0.25, -0.2) is 0 Å². The van der Waals surface area contributed by atoms with E-state index in [0.29, 0.717) is 5.92 Å². The fourth-order valence-electron chi connectivity index (χ4n) is 4.55. The highest BCUT2D eigenvalue weighted by molar-refractivity contribution is 5.82. The Bertz CT molecular complexity index is 539. The van der Waals surface area contributed by atoms with E-state index in [-0.39, 0.29) is 0 Å². The Labute approximate surface area is 126 Å². The summed E-state index contributed by atoms with van der Waals surface area (Å²) in [5.41, 5.74) is 1.83. The normalized spacial score (nSPS) is 33.4. The molecule has 1 N–H and O–H groups in total. The molecule has 1 aliphatic carbocycles. The van der Waals surface area contributed by atoms with Crippen molar-refractivity contribution in [1.29, 1.82) is 0 Å². The van der Waals surface area contributed by atoms with E-state index in [9.17, 15) is 9.90 Å². The number of rotatable bonds is 3. The van der Waals surface area contributed by atoms with Gasteiger partial charge >= 0.3 is 5.97 Å². The molecule has 1 aromatic rings. The first kappa shape index (κ1) is 13.3. The number of nitrogens with zero attached hydrogens (tertiary/aromatic N) is 1. The molecule has 3 heteroatoms. The molecule has 4 fully saturated rings. The van der Waals surface area contributed by atoms with Gasteiger partial charge in [-0.1, -0.05) is 30.7 Å². The maximum absolute atomic E-state index is 11.6. The first-order valence-corrected chi connectivity index (χ1v) is 8.25. The summed E-state index contributed by atoms with van der Waals surface area (Å²) < 4.78 is 0. The fourth-order valence-corrected chi connectivity index (χ4v) is 4.55. The zero-order valence-corrected chi connectivity index (χ0v) is 12.4. The molecule has 0 aromatic heterocycles. The molecule has 3 saturated heterocycles. The largest absolute Gasteiger partial charge is 0.481 e. The second-order valence-electron chi connectivity index (χ2n) is 7.11. The van der Waals surface area contributed by atoms with Crippen LogP contribution in [0.15, 0.2) is 24.3 Å². The molecular formula is C18H23NO2. The van der Waals surface area contributed by atoms with Crippen molar-refractivity contribution in [2.24, 2.45) is 5.92 Å². The number of carbonyl (C=O) groups is 1. The van der Waals surface area contributed by atoms with Gasteiger partial charge in [-0.05, 0) is 61.7 Å². The van der Waals surface area contributed by atoms with Gasteiger partial charge in [0, 0.05) is 6.54 Å². The van der Waals surface area contributed by atoms with Gasteiger partial charge < -0.3 is 10.0 Å². The summed E-state index contributed by atoms with van der Waals surface area (Å²) in [5.74, 6) is 0.839. The van der Waals surface area contributed by atoms with Crippen molar-refractivity contribution in [1.82, 2.24) is 4.90 Å². The van der Waals surface area contributed by atoms with Crippen LogP contribution in [-0.4, -0.2) is 35.6 Å². The number of hydrogen-bond acceptors (Lipinski definition) is 2. The van der Waals surface area contributed by atoms with Crippen molar-refractivity contribution < 1.29 is 9.90 Å². The third-order valence-electron chi connectivity index (χ3n) is 6.16.